The molecule has 0 aliphatic rings. The molecule has 20 heavy (non-hydrogen) atoms. The lowest BCUT2D eigenvalue weighted by atomic mass is 9.97. The fraction of sp³-hybridized carbons (Fsp3) is 0.267. The molecule has 104 valence electrons. The van der Waals surface area contributed by atoms with Crippen LogP contribution in [-0.2, 0) is 7.05 Å². The van der Waals surface area contributed by atoms with Gasteiger partial charge in [0.25, 0.3) is 0 Å². The molecule has 0 amide bonds. The number of hydrogen-bond donors (Lipinski definition) is 1. The molecule has 0 unspecified atom stereocenters. The van der Waals surface area contributed by atoms with E-state index in [1.54, 1.807) is 24.0 Å². The van der Waals surface area contributed by atoms with Crippen LogP contribution in [-0.4, -0.2) is 34.4 Å². The van der Waals surface area contributed by atoms with Crippen molar-refractivity contribution in [3.8, 4) is 5.75 Å². The molecule has 0 saturated carbocycles. The van der Waals surface area contributed by atoms with Crippen LogP contribution in [0.25, 0.3) is 16.5 Å². The van der Waals surface area contributed by atoms with Crippen LogP contribution in [0.5, 0.6) is 5.75 Å². The van der Waals surface area contributed by atoms with Gasteiger partial charge in [-0.05, 0) is 32.7 Å². The minimum atomic E-state index is 0.214. The summed E-state index contributed by atoms with van der Waals surface area (Å²) in [5, 5.41) is 15.1. The molecule has 5 heteroatoms. The van der Waals surface area contributed by atoms with Crippen LogP contribution in [0.3, 0.4) is 0 Å². The van der Waals surface area contributed by atoms with Crippen molar-refractivity contribution >= 4 is 28.9 Å². The van der Waals surface area contributed by atoms with Crippen molar-refractivity contribution in [1.82, 2.24) is 9.78 Å². The topological polar surface area (TPSA) is 62.8 Å². The summed E-state index contributed by atoms with van der Waals surface area (Å²) in [6.07, 6.45) is 1.79. The normalized spacial score (nSPS) is 13.5. The second kappa shape index (κ2) is 5.28. The van der Waals surface area contributed by atoms with Crippen LogP contribution in [0, 0.1) is 0 Å². The highest BCUT2D eigenvalue weighted by Crippen LogP contribution is 2.32. The van der Waals surface area contributed by atoms with Crippen molar-refractivity contribution in [2.75, 3.05) is 7.05 Å². The average molecular weight is 270 g/mol. The van der Waals surface area contributed by atoms with E-state index in [1.807, 2.05) is 27.0 Å². The van der Waals surface area contributed by atoms with Gasteiger partial charge >= 0.3 is 0 Å². The molecule has 1 aromatic heterocycles. The Morgan fingerprint density at radius 1 is 1.35 bits per heavy atom. The highest BCUT2D eigenvalue weighted by atomic mass is 16.3. The Labute approximate surface area is 118 Å². The third-order valence-corrected chi connectivity index (χ3v) is 3.33. The van der Waals surface area contributed by atoms with Crippen molar-refractivity contribution in [2.45, 2.75) is 13.8 Å². The monoisotopic (exact) mass is 270 g/mol. The van der Waals surface area contributed by atoms with Gasteiger partial charge in [-0.15, -0.1) is 0 Å². The summed E-state index contributed by atoms with van der Waals surface area (Å²) in [6.45, 7) is 7.40. The minimum Gasteiger partial charge on any atom is -0.507 e. The number of fused-ring (bicyclic) bond motifs is 1. The number of nitrogens with zero attached hydrogens (tertiary/aromatic N) is 4. The van der Waals surface area contributed by atoms with Crippen LogP contribution in [0.2, 0.25) is 0 Å². The first-order chi connectivity index (χ1) is 9.49. The largest absolute Gasteiger partial charge is 0.507 e. The number of rotatable bonds is 3. The number of phenols is 1. The van der Waals surface area contributed by atoms with Gasteiger partial charge in [-0.3, -0.25) is 14.7 Å². The standard InChI is InChI=1S/C15H18N4O/c1-9(16-3)14(10(2)17-4)11-6-7-13(20)12-8-19(5)18-15(11)12/h6-8,20H,3H2,1-2,4-5H3/b14-9+,17-10-. The molecular weight excluding hydrogens is 252 g/mol. The van der Waals surface area contributed by atoms with Gasteiger partial charge in [0.2, 0.25) is 0 Å². The Balaban J connectivity index is 2.86. The average Bonchev–Trinajstić information content (AvgIpc) is 2.83. The van der Waals surface area contributed by atoms with Crippen molar-refractivity contribution in [2.24, 2.45) is 17.0 Å². The molecule has 1 N–H and O–H groups in total. The number of aromatic hydroxyl groups is 1. The number of aliphatic imine (C=N–C) groups is 2. The predicted octanol–water partition coefficient (Wildman–Crippen LogP) is 2.80. The highest BCUT2D eigenvalue weighted by Gasteiger charge is 2.16. The molecule has 0 atom stereocenters. The van der Waals surface area contributed by atoms with Crippen molar-refractivity contribution in [3.63, 3.8) is 0 Å². The fourth-order valence-electron chi connectivity index (χ4n) is 2.25. The first-order valence-corrected chi connectivity index (χ1v) is 6.26. The lowest BCUT2D eigenvalue weighted by Crippen LogP contribution is -2.01. The van der Waals surface area contributed by atoms with Crippen molar-refractivity contribution < 1.29 is 5.11 Å². The summed E-state index contributed by atoms with van der Waals surface area (Å²) in [6, 6.07) is 3.50. The van der Waals surface area contributed by atoms with E-state index < -0.39 is 0 Å². The van der Waals surface area contributed by atoms with Crippen LogP contribution in [0.1, 0.15) is 19.4 Å². The van der Waals surface area contributed by atoms with Crippen molar-refractivity contribution in [1.29, 1.82) is 0 Å². The van der Waals surface area contributed by atoms with E-state index in [1.165, 1.54) is 0 Å². The molecule has 0 radical (unpaired) electrons. The highest BCUT2D eigenvalue weighted by molar-refractivity contribution is 6.26. The molecule has 2 rings (SSSR count). The molecule has 0 fully saturated rings. The summed E-state index contributed by atoms with van der Waals surface area (Å²) in [5.74, 6) is 0.214. The summed E-state index contributed by atoms with van der Waals surface area (Å²) in [5.41, 5.74) is 4.16. The molecule has 0 spiro atoms. The second-order valence-corrected chi connectivity index (χ2v) is 4.62. The zero-order valence-electron chi connectivity index (χ0n) is 12.2. The summed E-state index contributed by atoms with van der Waals surface area (Å²) in [4.78, 5) is 8.27. The van der Waals surface area contributed by atoms with E-state index in [-0.39, 0.29) is 5.75 Å². The Bertz CT molecular complexity index is 738. The minimum absolute atomic E-state index is 0.214. The number of aromatic nitrogens is 2. The zero-order chi connectivity index (χ0) is 14.9. The lowest BCUT2D eigenvalue weighted by molar-refractivity contribution is 0.481. The Morgan fingerprint density at radius 2 is 2.05 bits per heavy atom. The zero-order valence-corrected chi connectivity index (χ0v) is 12.2. The van der Waals surface area contributed by atoms with E-state index in [0.717, 1.165) is 28.1 Å². The van der Waals surface area contributed by atoms with Gasteiger partial charge in [0.05, 0.1) is 5.39 Å². The number of phenolic OH excluding ortho intramolecular Hbond substituents is 1. The number of hydrogen-bond acceptors (Lipinski definition) is 4. The third kappa shape index (κ3) is 2.22. The molecule has 0 saturated heterocycles. The Kier molecular flexibility index (Phi) is 3.70. The Morgan fingerprint density at radius 3 is 2.65 bits per heavy atom. The second-order valence-electron chi connectivity index (χ2n) is 4.62. The maximum absolute atomic E-state index is 9.95. The van der Waals surface area contributed by atoms with Gasteiger partial charge in [0.1, 0.15) is 11.3 Å². The number of allylic oxidation sites excluding steroid dienone is 2. The molecule has 5 nitrogen and oxygen atoms in total. The maximum Gasteiger partial charge on any atom is 0.126 e. The SMILES string of the molecule is C=N/C(C)=C(\C(C)=N/C)c1ccc(O)c2cn(C)nc12. The predicted molar refractivity (Wildman–Crippen MR) is 83.6 cm³/mol. The number of benzene rings is 1. The number of aryl methyl sites for hydroxylation is 1. The maximum atomic E-state index is 9.95. The summed E-state index contributed by atoms with van der Waals surface area (Å²) >= 11 is 0. The first-order valence-electron chi connectivity index (χ1n) is 6.26. The Hall–Kier alpha value is -2.43. The smallest absolute Gasteiger partial charge is 0.126 e. The van der Waals surface area contributed by atoms with Crippen LogP contribution in [0.15, 0.2) is 34.0 Å². The molecule has 0 bridgehead atoms. The molecule has 2 aromatic rings. The van der Waals surface area contributed by atoms with Gasteiger partial charge < -0.3 is 5.11 Å². The lowest BCUT2D eigenvalue weighted by Gasteiger charge is -2.10. The molecule has 1 aromatic carbocycles. The summed E-state index contributed by atoms with van der Waals surface area (Å²) < 4.78 is 1.68. The van der Waals surface area contributed by atoms with E-state index in [9.17, 15) is 5.11 Å². The van der Waals surface area contributed by atoms with Crippen LogP contribution in [0.4, 0.5) is 0 Å². The van der Waals surface area contributed by atoms with Gasteiger partial charge in [-0.25, -0.2) is 0 Å². The molecule has 0 aliphatic carbocycles. The van der Waals surface area contributed by atoms with E-state index in [4.69, 9.17) is 0 Å². The van der Waals surface area contributed by atoms with E-state index >= 15 is 0 Å². The van der Waals surface area contributed by atoms with Gasteiger partial charge in [-0.1, -0.05) is 0 Å². The first kappa shape index (κ1) is 14.0. The van der Waals surface area contributed by atoms with Gasteiger partial charge in [0.15, 0.2) is 0 Å². The summed E-state index contributed by atoms with van der Waals surface area (Å²) in [7, 11) is 3.56. The van der Waals surface area contributed by atoms with E-state index in [2.05, 4.69) is 21.8 Å². The fourth-order valence-corrected chi connectivity index (χ4v) is 2.25. The van der Waals surface area contributed by atoms with Crippen LogP contribution >= 0.6 is 0 Å². The molecular formula is C15H18N4O. The van der Waals surface area contributed by atoms with Gasteiger partial charge in [-0.2, -0.15) is 5.10 Å². The quantitative estimate of drug-likeness (QED) is 0.872. The molecule has 1 heterocycles. The van der Waals surface area contributed by atoms with Gasteiger partial charge in [0, 0.05) is 42.8 Å². The van der Waals surface area contributed by atoms with Crippen LogP contribution < -0.4 is 0 Å². The third-order valence-electron chi connectivity index (χ3n) is 3.33. The van der Waals surface area contributed by atoms with E-state index in [0.29, 0.717) is 5.39 Å². The van der Waals surface area contributed by atoms with Crippen molar-refractivity contribution in [3.05, 3.63) is 29.6 Å². The molecule has 0 aliphatic heterocycles.